The molecule has 1 aromatic heterocycles. The monoisotopic (exact) mass is 291 g/mol. The molecule has 0 radical (unpaired) electrons. The number of hydrogen-bond acceptors (Lipinski definition) is 2. The maximum atomic E-state index is 13.1. The molecule has 0 atom stereocenters. The molecule has 1 heterocycles. The summed E-state index contributed by atoms with van der Waals surface area (Å²) < 4.78 is 40.9. The first-order valence-electron chi connectivity index (χ1n) is 6.33. The summed E-state index contributed by atoms with van der Waals surface area (Å²) in [6, 6.07) is 11.4. The summed E-state index contributed by atoms with van der Waals surface area (Å²) in [5, 5.41) is 0. The number of aromatic nitrogens is 2. The van der Waals surface area contributed by atoms with E-state index < -0.39 is 11.7 Å². The molecule has 6 heteroatoms. The Balaban J connectivity index is 2.19. The maximum Gasteiger partial charge on any atom is 0.416 e. The van der Waals surface area contributed by atoms with Crippen LogP contribution in [0.1, 0.15) is 11.1 Å². The Hall–Kier alpha value is -2.34. The minimum absolute atomic E-state index is 0.0793. The van der Waals surface area contributed by atoms with Crippen LogP contribution in [-0.2, 0) is 12.7 Å². The largest absolute Gasteiger partial charge is 0.416 e. The predicted octanol–water partition coefficient (Wildman–Crippen LogP) is 3.50. The van der Waals surface area contributed by atoms with Gasteiger partial charge in [-0.2, -0.15) is 13.2 Å². The molecule has 3 aromatic rings. The normalized spacial score (nSPS) is 12.0. The third kappa shape index (κ3) is 2.38. The van der Waals surface area contributed by atoms with Gasteiger partial charge in [0.05, 0.1) is 16.6 Å². The molecule has 0 unspecified atom stereocenters. The lowest BCUT2D eigenvalue weighted by Crippen LogP contribution is -2.12. The van der Waals surface area contributed by atoms with E-state index in [1.54, 1.807) is 10.6 Å². The Morgan fingerprint density at radius 3 is 2.57 bits per heavy atom. The molecular formula is C15H12F3N3. The minimum atomic E-state index is -4.43. The Morgan fingerprint density at radius 2 is 1.86 bits per heavy atom. The quantitative estimate of drug-likeness (QED) is 0.785. The highest BCUT2D eigenvalue weighted by Crippen LogP contribution is 2.33. The van der Waals surface area contributed by atoms with Gasteiger partial charge in [-0.05, 0) is 29.8 Å². The van der Waals surface area contributed by atoms with Crippen LogP contribution in [0.25, 0.3) is 16.7 Å². The van der Waals surface area contributed by atoms with Crippen LogP contribution in [0.15, 0.2) is 48.8 Å². The van der Waals surface area contributed by atoms with E-state index in [9.17, 15) is 13.2 Å². The van der Waals surface area contributed by atoms with Crippen molar-refractivity contribution in [2.45, 2.75) is 12.7 Å². The van der Waals surface area contributed by atoms with Crippen molar-refractivity contribution in [2.24, 2.45) is 5.73 Å². The van der Waals surface area contributed by atoms with Crippen molar-refractivity contribution < 1.29 is 13.2 Å². The SMILES string of the molecule is NCc1ccc(-n2cnc3ccccc32)cc1C(F)(F)F. The predicted molar refractivity (Wildman–Crippen MR) is 74.0 cm³/mol. The number of hydrogen-bond donors (Lipinski definition) is 1. The molecule has 0 fully saturated rings. The van der Waals surface area contributed by atoms with Gasteiger partial charge in [0.1, 0.15) is 6.33 Å². The van der Waals surface area contributed by atoms with E-state index in [1.807, 2.05) is 24.3 Å². The summed E-state index contributed by atoms with van der Waals surface area (Å²) in [5.74, 6) is 0. The van der Waals surface area contributed by atoms with Gasteiger partial charge in [-0.3, -0.25) is 4.57 Å². The number of para-hydroxylation sites is 2. The third-order valence-corrected chi connectivity index (χ3v) is 3.35. The second-order valence-corrected chi connectivity index (χ2v) is 4.65. The van der Waals surface area contributed by atoms with Crippen LogP contribution in [0.3, 0.4) is 0 Å². The summed E-state index contributed by atoms with van der Waals surface area (Å²) in [6.07, 6.45) is -2.91. The van der Waals surface area contributed by atoms with Gasteiger partial charge in [0, 0.05) is 12.2 Å². The number of nitrogens with zero attached hydrogens (tertiary/aromatic N) is 2. The number of benzene rings is 2. The fourth-order valence-electron chi connectivity index (χ4n) is 2.32. The first kappa shape index (κ1) is 13.6. The van der Waals surface area contributed by atoms with E-state index in [0.717, 1.165) is 17.1 Å². The van der Waals surface area contributed by atoms with Crippen molar-refractivity contribution in [1.29, 1.82) is 0 Å². The van der Waals surface area contributed by atoms with Crippen LogP contribution in [0.4, 0.5) is 13.2 Å². The highest BCUT2D eigenvalue weighted by molar-refractivity contribution is 5.77. The van der Waals surface area contributed by atoms with Gasteiger partial charge < -0.3 is 5.73 Å². The molecule has 21 heavy (non-hydrogen) atoms. The van der Waals surface area contributed by atoms with Crippen molar-refractivity contribution in [3.8, 4) is 5.69 Å². The van der Waals surface area contributed by atoms with Crippen molar-refractivity contribution in [3.05, 3.63) is 59.9 Å². The Labute approximate surface area is 118 Å². The van der Waals surface area contributed by atoms with E-state index in [4.69, 9.17) is 5.73 Å². The number of imidazole rings is 1. The maximum absolute atomic E-state index is 13.1. The number of nitrogens with two attached hydrogens (primary N) is 1. The topological polar surface area (TPSA) is 43.8 Å². The van der Waals surface area contributed by atoms with Crippen molar-refractivity contribution in [3.63, 3.8) is 0 Å². The van der Waals surface area contributed by atoms with Gasteiger partial charge in [-0.1, -0.05) is 18.2 Å². The molecule has 0 saturated carbocycles. The molecule has 0 spiro atoms. The number of fused-ring (bicyclic) bond motifs is 1. The van der Waals surface area contributed by atoms with Gasteiger partial charge in [-0.15, -0.1) is 0 Å². The van der Waals surface area contributed by atoms with Crippen LogP contribution < -0.4 is 5.73 Å². The summed E-state index contributed by atoms with van der Waals surface area (Å²) in [4.78, 5) is 4.19. The van der Waals surface area contributed by atoms with Gasteiger partial charge in [0.2, 0.25) is 0 Å². The Bertz CT molecular complexity index is 790. The lowest BCUT2D eigenvalue weighted by Gasteiger charge is -2.14. The lowest BCUT2D eigenvalue weighted by molar-refractivity contribution is -0.138. The zero-order valence-electron chi connectivity index (χ0n) is 10.9. The summed E-state index contributed by atoms with van der Waals surface area (Å²) in [6.45, 7) is -0.153. The van der Waals surface area contributed by atoms with Crippen molar-refractivity contribution >= 4 is 11.0 Å². The second-order valence-electron chi connectivity index (χ2n) is 4.65. The molecule has 3 nitrogen and oxygen atoms in total. The summed E-state index contributed by atoms with van der Waals surface area (Å²) >= 11 is 0. The first-order chi connectivity index (χ1) is 10.0. The summed E-state index contributed by atoms with van der Waals surface area (Å²) in [7, 11) is 0. The van der Waals surface area contributed by atoms with Crippen molar-refractivity contribution in [2.75, 3.05) is 0 Å². The van der Waals surface area contributed by atoms with E-state index in [-0.39, 0.29) is 12.1 Å². The van der Waals surface area contributed by atoms with Gasteiger partial charge in [0.25, 0.3) is 0 Å². The fraction of sp³-hybridized carbons (Fsp3) is 0.133. The molecule has 0 amide bonds. The lowest BCUT2D eigenvalue weighted by atomic mass is 10.1. The van der Waals surface area contributed by atoms with E-state index in [2.05, 4.69) is 4.98 Å². The number of halogens is 3. The van der Waals surface area contributed by atoms with Gasteiger partial charge >= 0.3 is 6.18 Å². The highest BCUT2D eigenvalue weighted by Gasteiger charge is 2.33. The van der Waals surface area contributed by atoms with Gasteiger partial charge in [-0.25, -0.2) is 4.98 Å². The molecule has 3 rings (SSSR count). The second kappa shape index (κ2) is 4.89. The van der Waals surface area contributed by atoms with E-state index in [1.165, 1.54) is 12.4 Å². The van der Waals surface area contributed by atoms with Crippen LogP contribution >= 0.6 is 0 Å². The molecule has 0 aliphatic carbocycles. The Kier molecular flexibility index (Phi) is 3.17. The standard InChI is InChI=1S/C15H12F3N3/c16-15(17,18)12-7-11(6-5-10(12)8-19)21-9-20-13-3-1-2-4-14(13)21/h1-7,9H,8,19H2. The molecule has 2 aromatic carbocycles. The van der Waals surface area contributed by atoms with E-state index >= 15 is 0 Å². The van der Waals surface area contributed by atoms with Crippen LogP contribution in [0.2, 0.25) is 0 Å². The van der Waals surface area contributed by atoms with Crippen LogP contribution in [-0.4, -0.2) is 9.55 Å². The van der Waals surface area contributed by atoms with E-state index in [0.29, 0.717) is 5.69 Å². The zero-order chi connectivity index (χ0) is 15.0. The van der Waals surface area contributed by atoms with Crippen LogP contribution in [0, 0.1) is 0 Å². The highest BCUT2D eigenvalue weighted by atomic mass is 19.4. The molecular weight excluding hydrogens is 279 g/mol. The van der Waals surface area contributed by atoms with Gasteiger partial charge in [0.15, 0.2) is 0 Å². The minimum Gasteiger partial charge on any atom is -0.326 e. The molecule has 108 valence electrons. The average Bonchev–Trinajstić information content (AvgIpc) is 2.89. The molecule has 0 saturated heterocycles. The fourth-order valence-corrected chi connectivity index (χ4v) is 2.32. The third-order valence-electron chi connectivity index (χ3n) is 3.35. The number of rotatable bonds is 2. The summed E-state index contributed by atoms with van der Waals surface area (Å²) in [5.41, 5.74) is 6.66. The smallest absolute Gasteiger partial charge is 0.326 e. The average molecular weight is 291 g/mol. The Morgan fingerprint density at radius 1 is 1.10 bits per heavy atom. The number of alkyl halides is 3. The van der Waals surface area contributed by atoms with Crippen molar-refractivity contribution in [1.82, 2.24) is 9.55 Å². The van der Waals surface area contributed by atoms with Crippen LogP contribution in [0.5, 0.6) is 0 Å². The molecule has 0 aliphatic heterocycles. The first-order valence-corrected chi connectivity index (χ1v) is 6.33. The molecule has 0 bridgehead atoms. The molecule has 2 N–H and O–H groups in total. The zero-order valence-corrected chi connectivity index (χ0v) is 10.9. The molecule has 0 aliphatic rings.